The first-order valence-electron chi connectivity index (χ1n) is 9.91. The Balaban J connectivity index is 1.71. The third-order valence-electron chi connectivity index (χ3n) is 4.92. The van der Waals surface area contributed by atoms with Crippen LogP contribution in [-0.2, 0) is 19.2 Å². The summed E-state index contributed by atoms with van der Waals surface area (Å²) in [6.45, 7) is 1.07. The molecule has 5 N–H and O–H groups in total. The first-order valence-corrected chi connectivity index (χ1v) is 13.3. The minimum absolute atomic E-state index is 0.212. The quantitative estimate of drug-likeness (QED) is 0.366. The molecule has 0 spiro atoms. The van der Waals surface area contributed by atoms with Crippen molar-refractivity contribution >= 4 is 92.5 Å². The number of aromatic nitrogens is 1. The summed E-state index contributed by atoms with van der Waals surface area (Å²) in [5, 5.41) is 14.3. The lowest BCUT2D eigenvalue weighted by Gasteiger charge is -2.51. The van der Waals surface area contributed by atoms with E-state index in [4.69, 9.17) is 28.9 Å². The molecule has 10 nitrogen and oxygen atoms in total. The molecule has 0 aliphatic carbocycles. The van der Waals surface area contributed by atoms with Gasteiger partial charge in [0, 0.05) is 23.6 Å². The van der Waals surface area contributed by atoms with Crippen molar-refractivity contribution in [2.45, 2.75) is 27.8 Å². The monoisotopic (exact) mass is 573 g/mol. The van der Waals surface area contributed by atoms with Crippen molar-refractivity contribution in [1.29, 1.82) is 0 Å². The van der Waals surface area contributed by atoms with Crippen molar-refractivity contribution < 1.29 is 24.3 Å². The number of aliphatic carboxylic acids is 1. The number of halogens is 2. The Bertz CT molecular complexity index is 1270. The first-order chi connectivity index (χ1) is 16.6. The van der Waals surface area contributed by atoms with Crippen LogP contribution in [0, 0.1) is 0 Å². The van der Waals surface area contributed by atoms with Crippen LogP contribution >= 0.6 is 58.1 Å². The Morgan fingerprint density at radius 1 is 1.29 bits per heavy atom. The molecule has 3 heterocycles. The minimum Gasteiger partial charge on any atom is -0.477 e. The number of thioether (sulfide) groups is 2. The van der Waals surface area contributed by atoms with Crippen molar-refractivity contribution in [3.8, 4) is 0 Å². The SMILES string of the molecule is CC(=O)NC1SC2C(Sc3ccc(Cl)c(Cl)c3)C(=O)N2C(C(=O)O)=C1c1cnc(NC(=O)CN)s1. The summed E-state index contributed by atoms with van der Waals surface area (Å²) in [4.78, 5) is 55.5. The highest BCUT2D eigenvalue weighted by atomic mass is 35.5. The standard InChI is InChI=1S/C20H17Cl2N5O5S3/c1-7(28)25-16-13(11-6-24-20(34-11)26-12(29)5-23)14(19(31)32)27-17(30)15(18(27)35-16)33-8-2-3-9(21)10(22)4-8/h2-4,6,15-16,18H,5,23H2,1H3,(H,25,28)(H,31,32)(H,24,26,29). The van der Waals surface area contributed by atoms with Gasteiger partial charge in [0.2, 0.25) is 17.7 Å². The number of nitrogens with one attached hydrogen (secondary N) is 2. The zero-order valence-electron chi connectivity index (χ0n) is 17.8. The van der Waals surface area contributed by atoms with Crippen LogP contribution in [0.3, 0.4) is 0 Å². The number of nitrogens with two attached hydrogens (primary N) is 1. The molecule has 2 aromatic rings. The molecular weight excluding hydrogens is 557 g/mol. The predicted molar refractivity (Wildman–Crippen MR) is 136 cm³/mol. The van der Waals surface area contributed by atoms with Gasteiger partial charge in [-0.3, -0.25) is 19.3 Å². The molecule has 1 saturated heterocycles. The Hall–Kier alpha value is -2.29. The van der Waals surface area contributed by atoms with Gasteiger partial charge in [0.25, 0.3) is 0 Å². The fourth-order valence-corrected chi connectivity index (χ4v) is 7.72. The summed E-state index contributed by atoms with van der Waals surface area (Å²) < 4.78 is 0. The first kappa shape index (κ1) is 25.8. The van der Waals surface area contributed by atoms with Crippen LogP contribution in [0.5, 0.6) is 0 Å². The molecule has 3 amide bonds. The van der Waals surface area contributed by atoms with Gasteiger partial charge < -0.3 is 21.5 Å². The second kappa shape index (κ2) is 10.4. The van der Waals surface area contributed by atoms with Gasteiger partial charge in [-0.1, -0.05) is 34.5 Å². The zero-order valence-corrected chi connectivity index (χ0v) is 21.7. The van der Waals surface area contributed by atoms with Gasteiger partial charge in [-0.2, -0.15) is 0 Å². The maximum atomic E-state index is 13.1. The highest BCUT2D eigenvalue weighted by molar-refractivity contribution is 8.05. The van der Waals surface area contributed by atoms with E-state index < -0.39 is 33.8 Å². The molecule has 3 unspecified atom stereocenters. The second-order valence-corrected chi connectivity index (χ2v) is 11.6. The number of nitrogens with zero attached hydrogens (tertiary/aromatic N) is 2. The number of carboxylic acids is 1. The Morgan fingerprint density at radius 2 is 2.03 bits per heavy atom. The highest BCUT2D eigenvalue weighted by Gasteiger charge is 2.56. The summed E-state index contributed by atoms with van der Waals surface area (Å²) >= 11 is 15.6. The number of carbonyl (C=O) groups is 4. The molecule has 35 heavy (non-hydrogen) atoms. The molecule has 4 rings (SSSR count). The summed E-state index contributed by atoms with van der Waals surface area (Å²) in [5.41, 5.74) is 5.28. The third-order valence-corrected chi connectivity index (χ3v) is 9.41. The average Bonchev–Trinajstić information content (AvgIpc) is 3.26. The second-order valence-electron chi connectivity index (χ2n) is 7.28. The van der Waals surface area contributed by atoms with Crippen LogP contribution in [0.4, 0.5) is 5.13 Å². The summed E-state index contributed by atoms with van der Waals surface area (Å²) in [6.07, 6.45) is 1.39. The van der Waals surface area contributed by atoms with Gasteiger partial charge in [-0.05, 0) is 18.2 Å². The number of hydrogen-bond acceptors (Lipinski definition) is 9. The van der Waals surface area contributed by atoms with Crippen LogP contribution in [0.25, 0.3) is 5.57 Å². The highest BCUT2D eigenvalue weighted by Crippen LogP contribution is 2.52. The van der Waals surface area contributed by atoms with Crippen LogP contribution in [0.1, 0.15) is 11.8 Å². The Labute approximate surface area is 221 Å². The number of fused-ring (bicyclic) bond motifs is 1. The number of rotatable bonds is 7. The molecule has 1 aromatic heterocycles. The molecule has 2 aliphatic rings. The van der Waals surface area contributed by atoms with Gasteiger partial charge in [-0.15, -0.1) is 23.5 Å². The van der Waals surface area contributed by atoms with Gasteiger partial charge in [0.1, 0.15) is 21.7 Å². The van der Waals surface area contributed by atoms with E-state index in [1.807, 2.05) is 0 Å². The van der Waals surface area contributed by atoms with E-state index in [0.717, 1.165) is 11.3 Å². The Kier molecular flexibility index (Phi) is 7.64. The molecule has 0 radical (unpaired) electrons. The number of carboxylic acid groups (broad SMARTS) is 1. The maximum Gasteiger partial charge on any atom is 0.353 e. The summed E-state index contributed by atoms with van der Waals surface area (Å²) in [7, 11) is 0. The normalized spacial score (nSPS) is 21.3. The fourth-order valence-electron chi connectivity index (χ4n) is 3.46. The lowest BCUT2D eigenvalue weighted by molar-refractivity contribution is -0.145. The van der Waals surface area contributed by atoms with E-state index >= 15 is 0 Å². The molecule has 0 saturated carbocycles. The maximum absolute atomic E-state index is 13.1. The molecule has 15 heteroatoms. The molecule has 1 aromatic carbocycles. The molecule has 3 atom stereocenters. The van der Waals surface area contributed by atoms with Crippen molar-refractivity contribution in [3.05, 3.63) is 45.0 Å². The van der Waals surface area contributed by atoms with E-state index in [1.165, 1.54) is 41.5 Å². The molecular formula is C20H17Cl2N5O5S3. The van der Waals surface area contributed by atoms with Crippen molar-refractivity contribution in [2.24, 2.45) is 5.73 Å². The molecule has 1 fully saturated rings. The van der Waals surface area contributed by atoms with E-state index in [-0.39, 0.29) is 28.9 Å². The third kappa shape index (κ3) is 5.15. The minimum atomic E-state index is -1.33. The van der Waals surface area contributed by atoms with E-state index in [1.54, 1.807) is 18.2 Å². The zero-order chi connectivity index (χ0) is 25.4. The number of carbonyl (C=O) groups excluding carboxylic acids is 3. The predicted octanol–water partition coefficient (Wildman–Crippen LogP) is 2.68. The average molecular weight is 574 g/mol. The largest absolute Gasteiger partial charge is 0.477 e. The molecule has 2 aliphatic heterocycles. The van der Waals surface area contributed by atoms with Crippen LogP contribution in [0.2, 0.25) is 10.0 Å². The Morgan fingerprint density at radius 3 is 2.66 bits per heavy atom. The van der Waals surface area contributed by atoms with E-state index in [2.05, 4.69) is 15.6 Å². The van der Waals surface area contributed by atoms with Gasteiger partial charge in [0.05, 0.1) is 21.5 Å². The number of anilines is 1. The van der Waals surface area contributed by atoms with Crippen LogP contribution in [0.15, 0.2) is 35.0 Å². The smallest absolute Gasteiger partial charge is 0.353 e. The van der Waals surface area contributed by atoms with Gasteiger partial charge in [0.15, 0.2) is 5.13 Å². The summed E-state index contributed by atoms with van der Waals surface area (Å²) in [6, 6.07) is 4.98. The van der Waals surface area contributed by atoms with Crippen LogP contribution in [-0.4, -0.2) is 61.2 Å². The number of β-lactam (4-membered cyclic amide) rings is 1. The fraction of sp³-hybridized carbons (Fsp3) is 0.250. The summed E-state index contributed by atoms with van der Waals surface area (Å²) in [5.74, 6) is -2.56. The lowest BCUT2D eigenvalue weighted by Crippen LogP contribution is -2.65. The van der Waals surface area contributed by atoms with Gasteiger partial charge in [-0.25, -0.2) is 9.78 Å². The van der Waals surface area contributed by atoms with Crippen LogP contribution < -0.4 is 16.4 Å². The van der Waals surface area contributed by atoms with E-state index in [0.29, 0.717) is 19.8 Å². The molecule has 184 valence electrons. The van der Waals surface area contributed by atoms with Crippen molar-refractivity contribution in [2.75, 3.05) is 11.9 Å². The number of benzene rings is 1. The number of amides is 3. The van der Waals surface area contributed by atoms with Crippen molar-refractivity contribution in [3.63, 3.8) is 0 Å². The van der Waals surface area contributed by atoms with Crippen molar-refractivity contribution in [1.82, 2.24) is 15.2 Å². The number of thiazole rings is 1. The van der Waals surface area contributed by atoms with E-state index in [9.17, 15) is 24.3 Å². The topological polar surface area (TPSA) is 155 Å². The number of hydrogen-bond donors (Lipinski definition) is 4. The molecule has 0 bridgehead atoms. The lowest BCUT2D eigenvalue weighted by atomic mass is 10.0. The van der Waals surface area contributed by atoms with Gasteiger partial charge >= 0.3 is 5.97 Å².